The average Bonchev–Trinajstić information content (AvgIpc) is 2.63. The number of aryl methyl sites for hydroxylation is 1. The van der Waals surface area contributed by atoms with Gasteiger partial charge in [-0.25, -0.2) is 0 Å². The zero-order chi connectivity index (χ0) is 18.1. The van der Waals surface area contributed by atoms with E-state index in [2.05, 4.69) is 12.2 Å². The lowest BCUT2D eigenvalue weighted by Crippen LogP contribution is -2.37. The van der Waals surface area contributed by atoms with Gasteiger partial charge < -0.3 is 10.1 Å². The molecule has 2 rings (SSSR count). The highest BCUT2D eigenvalue weighted by Crippen LogP contribution is 2.19. The first-order valence-corrected chi connectivity index (χ1v) is 9.98. The first-order valence-electron chi connectivity index (χ1n) is 8.44. The van der Waals surface area contributed by atoms with E-state index in [1.807, 2.05) is 48.5 Å². The number of nitrogens with one attached hydrogen (secondary N) is 1. The average molecular weight is 378 g/mol. The van der Waals surface area contributed by atoms with Gasteiger partial charge in [-0.1, -0.05) is 48.9 Å². The van der Waals surface area contributed by atoms with Crippen molar-refractivity contribution in [2.45, 2.75) is 32.1 Å². The second-order valence-electron chi connectivity index (χ2n) is 5.69. The Hall–Kier alpha value is -1.65. The van der Waals surface area contributed by atoms with Crippen molar-refractivity contribution in [1.29, 1.82) is 0 Å². The molecule has 1 atom stereocenters. The third-order valence-electron chi connectivity index (χ3n) is 3.75. The number of carbonyl (C=O) groups is 1. The molecule has 0 aliphatic carbocycles. The summed E-state index contributed by atoms with van der Waals surface area (Å²) in [7, 11) is 0. The molecule has 0 aromatic heterocycles. The summed E-state index contributed by atoms with van der Waals surface area (Å²) in [6.45, 7) is 4.48. The maximum atomic E-state index is 12.2. The number of carbonyl (C=O) groups excluding carboxylic acids is 1. The van der Waals surface area contributed by atoms with E-state index in [1.165, 1.54) is 5.56 Å². The number of ether oxygens (including phenoxy) is 1. The minimum atomic E-state index is -0.506. The van der Waals surface area contributed by atoms with Gasteiger partial charge in [0.1, 0.15) is 5.75 Å². The summed E-state index contributed by atoms with van der Waals surface area (Å²) in [5.74, 6) is 2.46. The van der Waals surface area contributed by atoms with Crippen molar-refractivity contribution in [1.82, 2.24) is 5.32 Å². The van der Waals surface area contributed by atoms with Crippen LogP contribution in [0.1, 0.15) is 25.0 Å². The van der Waals surface area contributed by atoms with Crippen LogP contribution in [0.15, 0.2) is 48.5 Å². The molecule has 3 nitrogen and oxygen atoms in total. The van der Waals surface area contributed by atoms with Crippen LogP contribution >= 0.6 is 23.4 Å². The molecule has 0 unspecified atom stereocenters. The highest BCUT2D eigenvalue weighted by atomic mass is 35.5. The Morgan fingerprint density at radius 1 is 1.20 bits per heavy atom. The Bertz CT molecular complexity index is 676. The molecule has 0 aliphatic rings. The summed E-state index contributed by atoms with van der Waals surface area (Å²) in [5.41, 5.74) is 2.34. The smallest absolute Gasteiger partial charge is 0.260 e. The Labute approximate surface area is 159 Å². The molecule has 0 radical (unpaired) electrons. The zero-order valence-corrected chi connectivity index (χ0v) is 16.2. The fraction of sp³-hybridized carbons (Fsp3) is 0.350. The van der Waals surface area contributed by atoms with Crippen molar-refractivity contribution in [2.75, 3.05) is 12.3 Å². The van der Waals surface area contributed by atoms with Crippen LogP contribution in [0, 0.1) is 0 Å². The second kappa shape index (κ2) is 10.4. The van der Waals surface area contributed by atoms with E-state index in [-0.39, 0.29) is 5.91 Å². The van der Waals surface area contributed by atoms with Gasteiger partial charge >= 0.3 is 0 Å². The molecule has 1 N–H and O–H groups in total. The molecule has 25 heavy (non-hydrogen) atoms. The maximum Gasteiger partial charge on any atom is 0.260 e. The number of halogens is 1. The molecule has 0 heterocycles. The largest absolute Gasteiger partial charge is 0.481 e. The zero-order valence-electron chi connectivity index (χ0n) is 14.6. The highest BCUT2D eigenvalue weighted by Gasteiger charge is 2.15. The van der Waals surface area contributed by atoms with Gasteiger partial charge in [-0.2, -0.15) is 11.8 Å². The number of rotatable bonds is 9. The molecule has 0 bridgehead atoms. The quantitative estimate of drug-likeness (QED) is 0.642. The van der Waals surface area contributed by atoms with Crippen LogP contribution < -0.4 is 10.1 Å². The van der Waals surface area contributed by atoms with Gasteiger partial charge in [0, 0.05) is 23.1 Å². The summed E-state index contributed by atoms with van der Waals surface area (Å²) >= 11 is 7.65. The lowest BCUT2D eigenvalue weighted by Gasteiger charge is -2.16. The molecule has 134 valence electrons. The molecule has 0 aliphatic heterocycles. The first kappa shape index (κ1) is 19.7. The van der Waals surface area contributed by atoms with Crippen molar-refractivity contribution in [3.8, 4) is 5.75 Å². The van der Waals surface area contributed by atoms with Crippen LogP contribution in [0.25, 0.3) is 0 Å². The Morgan fingerprint density at radius 3 is 2.64 bits per heavy atom. The molecular formula is C20H24ClNO2S. The van der Waals surface area contributed by atoms with Crippen molar-refractivity contribution in [3.05, 3.63) is 64.7 Å². The van der Waals surface area contributed by atoms with Gasteiger partial charge in [0.15, 0.2) is 6.10 Å². The molecular weight excluding hydrogens is 354 g/mol. The fourth-order valence-corrected chi connectivity index (χ4v) is 3.26. The van der Waals surface area contributed by atoms with E-state index in [9.17, 15) is 4.79 Å². The van der Waals surface area contributed by atoms with Crippen LogP contribution in [-0.4, -0.2) is 24.3 Å². The fourth-order valence-electron chi connectivity index (χ4n) is 2.32. The molecule has 2 aromatic rings. The third-order valence-corrected chi connectivity index (χ3v) is 5.04. The summed E-state index contributed by atoms with van der Waals surface area (Å²) in [5, 5.41) is 3.68. The van der Waals surface area contributed by atoms with Crippen LogP contribution in [-0.2, 0) is 17.0 Å². The molecule has 0 spiro atoms. The van der Waals surface area contributed by atoms with Crippen molar-refractivity contribution in [3.63, 3.8) is 0 Å². The minimum Gasteiger partial charge on any atom is -0.481 e. The topological polar surface area (TPSA) is 38.3 Å². The number of benzene rings is 2. The second-order valence-corrected chi connectivity index (χ2v) is 7.23. The normalized spacial score (nSPS) is 11.8. The van der Waals surface area contributed by atoms with Crippen LogP contribution in [0.3, 0.4) is 0 Å². The maximum absolute atomic E-state index is 12.2. The number of hydrogen-bond donors (Lipinski definition) is 1. The van der Waals surface area contributed by atoms with Gasteiger partial charge in [-0.05, 0) is 42.7 Å². The van der Waals surface area contributed by atoms with Crippen LogP contribution in [0.5, 0.6) is 5.75 Å². The van der Waals surface area contributed by atoms with Gasteiger partial charge in [0.05, 0.1) is 0 Å². The molecule has 0 saturated heterocycles. The molecule has 5 heteroatoms. The Kier molecular flexibility index (Phi) is 8.16. The standard InChI is InChI=1S/C20H24ClNO2S/c1-3-17-6-4-5-7-19(17)24-15(2)20(23)22-12-13-25-14-16-8-10-18(21)11-9-16/h4-11,15H,3,12-14H2,1-2H3,(H,22,23)/t15-/m1/s1. The van der Waals surface area contributed by atoms with Gasteiger partial charge in [0.25, 0.3) is 5.91 Å². The summed E-state index contributed by atoms with van der Waals surface area (Å²) in [6, 6.07) is 15.7. The van der Waals surface area contributed by atoms with Crippen molar-refractivity contribution in [2.24, 2.45) is 0 Å². The minimum absolute atomic E-state index is 0.0852. The Morgan fingerprint density at radius 2 is 1.92 bits per heavy atom. The van der Waals surface area contributed by atoms with E-state index in [1.54, 1.807) is 18.7 Å². The van der Waals surface area contributed by atoms with E-state index in [0.29, 0.717) is 6.54 Å². The number of hydrogen-bond acceptors (Lipinski definition) is 3. The van der Waals surface area contributed by atoms with Crippen molar-refractivity contribution < 1.29 is 9.53 Å². The molecule has 1 amide bonds. The summed E-state index contributed by atoms with van der Waals surface area (Å²) in [6.07, 6.45) is 0.375. The lowest BCUT2D eigenvalue weighted by atomic mass is 10.1. The number of para-hydroxylation sites is 1. The lowest BCUT2D eigenvalue weighted by molar-refractivity contribution is -0.127. The first-order chi connectivity index (χ1) is 12.1. The van der Waals surface area contributed by atoms with Crippen molar-refractivity contribution >= 4 is 29.3 Å². The van der Waals surface area contributed by atoms with E-state index in [4.69, 9.17) is 16.3 Å². The predicted octanol–water partition coefficient (Wildman–Crippen LogP) is 4.72. The highest BCUT2D eigenvalue weighted by molar-refractivity contribution is 7.98. The van der Waals surface area contributed by atoms with Gasteiger partial charge in [-0.15, -0.1) is 0 Å². The monoisotopic (exact) mass is 377 g/mol. The SMILES string of the molecule is CCc1ccccc1O[C@H](C)C(=O)NCCSCc1ccc(Cl)cc1. The Balaban J connectivity index is 1.68. The van der Waals surface area contributed by atoms with Gasteiger partial charge in [-0.3, -0.25) is 4.79 Å². The molecule has 2 aromatic carbocycles. The predicted molar refractivity (Wildman–Crippen MR) is 107 cm³/mol. The number of amides is 1. The third kappa shape index (κ3) is 6.63. The molecule has 0 fully saturated rings. The summed E-state index contributed by atoms with van der Waals surface area (Å²) in [4.78, 5) is 12.2. The van der Waals surface area contributed by atoms with Gasteiger partial charge in [0.2, 0.25) is 0 Å². The van der Waals surface area contributed by atoms with E-state index >= 15 is 0 Å². The molecule has 0 saturated carbocycles. The van der Waals surface area contributed by atoms with E-state index in [0.717, 1.165) is 34.3 Å². The summed E-state index contributed by atoms with van der Waals surface area (Å²) < 4.78 is 5.80. The van der Waals surface area contributed by atoms with E-state index < -0.39 is 6.10 Å². The number of thioether (sulfide) groups is 1. The van der Waals surface area contributed by atoms with Crippen LogP contribution in [0.2, 0.25) is 5.02 Å². The van der Waals surface area contributed by atoms with Crippen LogP contribution in [0.4, 0.5) is 0 Å².